The van der Waals surface area contributed by atoms with E-state index in [9.17, 15) is 9.59 Å². The third-order valence-electron chi connectivity index (χ3n) is 5.21. The second-order valence-corrected chi connectivity index (χ2v) is 7.71. The summed E-state index contributed by atoms with van der Waals surface area (Å²) in [5.41, 5.74) is 3.77. The monoisotopic (exact) mass is 387 g/mol. The molecule has 0 atom stereocenters. The molecule has 2 amide bonds. The number of nitrogens with zero attached hydrogens (tertiary/aromatic N) is 1. The molecular weight excluding hydrogens is 362 g/mol. The molecule has 5 nitrogen and oxygen atoms in total. The van der Waals surface area contributed by atoms with Crippen molar-refractivity contribution in [1.82, 2.24) is 4.57 Å². The highest BCUT2D eigenvalue weighted by Crippen LogP contribution is 2.33. The Balaban J connectivity index is 1.87. The van der Waals surface area contributed by atoms with E-state index in [-0.39, 0.29) is 11.8 Å². The van der Waals surface area contributed by atoms with E-state index in [0.717, 1.165) is 11.4 Å². The Hall–Kier alpha value is -2.27. The average Bonchev–Trinajstić information content (AvgIpc) is 2.92. The Bertz CT molecular complexity index is 867. The number of aryl methyl sites for hydroxylation is 1. The van der Waals surface area contributed by atoms with Crippen LogP contribution in [0.2, 0.25) is 5.02 Å². The summed E-state index contributed by atoms with van der Waals surface area (Å²) in [5.74, 6) is -0.401. The molecule has 1 aromatic heterocycles. The van der Waals surface area contributed by atoms with Crippen molar-refractivity contribution in [2.75, 3.05) is 10.6 Å². The largest absolute Gasteiger partial charge is 0.345 e. The van der Waals surface area contributed by atoms with Gasteiger partial charge in [-0.25, -0.2) is 0 Å². The maximum Gasteiger partial charge on any atom is 0.257 e. The predicted molar refractivity (Wildman–Crippen MR) is 110 cm³/mol. The number of anilines is 2. The van der Waals surface area contributed by atoms with Gasteiger partial charge in [0.05, 0.1) is 16.9 Å². The maximum absolute atomic E-state index is 13.0. The first-order valence-electron chi connectivity index (χ1n) is 9.43. The molecule has 0 radical (unpaired) electrons. The number of carbonyl (C=O) groups excluding carboxylic acids is 2. The molecule has 3 rings (SSSR count). The fraction of sp³-hybridized carbons (Fsp3) is 0.429. The molecule has 0 bridgehead atoms. The molecular formula is C21H26ClN3O2. The van der Waals surface area contributed by atoms with Crippen molar-refractivity contribution in [1.29, 1.82) is 0 Å². The summed E-state index contributed by atoms with van der Waals surface area (Å²) in [6.07, 6.45) is 6.11. The van der Waals surface area contributed by atoms with Crippen LogP contribution in [-0.2, 0) is 4.79 Å². The molecule has 2 aromatic rings. The van der Waals surface area contributed by atoms with Crippen molar-refractivity contribution in [3.63, 3.8) is 0 Å². The van der Waals surface area contributed by atoms with Gasteiger partial charge in [0, 0.05) is 29.4 Å². The van der Waals surface area contributed by atoms with Gasteiger partial charge in [-0.3, -0.25) is 9.59 Å². The lowest BCUT2D eigenvalue weighted by Gasteiger charge is -2.26. The van der Waals surface area contributed by atoms with Gasteiger partial charge in [0.15, 0.2) is 0 Å². The van der Waals surface area contributed by atoms with Gasteiger partial charge in [0.25, 0.3) is 5.91 Å². The summed E-state index contributed by atoms with van der Waals surface area (Å²) in [5, 5.41) is 6.12. The van der Waals surface area contributed by atoms with Gasteiger partial charge in [-0.15, -0.1) is 0 Å². The number of rotatable bonds is 4. The molecule has 1 aliphatic rings. The first kappa shape index (κ1) is 19.5. The van der Waals surface area contributed by atoms with Crippen LogP contribution >= 0.6 is 11.6 Å². The van der Waals surface area contributed by atoms with Crippen LogP contribution in [0.4, 0.5) is 11.4 Å². The second kappa shape index (κ2) is 8.17. The number of hydrogen-bond donors (Lipinski definition) is 2. The Labute approximate surface area is 165 Å². The van der Waals surface area contributed by atoms with Crippen LogP contribution in [0.3, 0.4) is 0 Å². The van der Waals surface area contributed by atoms with E-state index in [2.05, 4.69) is 22.1 Å². The standard InChI is InChI=1S/C21H26ClN3O2/c1-13-11-18(14(2)25(13)17-7-5-4-6-8-17)21(27)24-20-12-16(22)9-10-19(20)23-15(3)26/h9-12,17H,4-8H2,1-3H3,(H,23,26)(H,24,27). The molecule has 1 heterocycles. The summed E-state index contributed by atoms with van der Waals surface area (Å²) >= 11 is 6.08. The molecule has 27 heavy (non-hydrogen) atoms. The van der Waals surface area contributed by atoms with Gasteiger partial charge < -0.3 is 15.2 Å². The zero-order chi connectivity index (χ0) is 19.6. The number of nitrogens with one attached hydrogen (secondary N) is 2. The highest BCUT2D eigenvalue weighted by atomic mass is 35.5. The molecule has 144 valence electrons. The van der Waals surface area contributed by atoms with Crippen molar-refractivity contribution >= 4 is 34.8 Å². The minimum absolute atomic E-state index is 0.195. The molecule has 0 aliphatic heterocycles. The quantitative estimate of drug-likeness (QED) is 0.730. The number of hydrogen-bond acceptors (Lipinski definition) is 2. The lowest BCUT2D eigenvalue weighted by molar-refractivity contribution is -0.114. The molecule has 1 aliphatic carbocycles. The van der Waals surface area contributed by atoms with E-state index in [1.807, 2.05) is 13.0 Å². The summed E-state index contributed by atoms with van der Waals surface area (Å²) in [6.45, 7) is 5.49. The Morgan fingerprint density at radius 3 is 2.41 bits per heavy atom. The number of aromatic nitrogens is 1. The minimum Gasteiger partial charge on any atom is -0.345 e. The van der Waals surface area contributed by atoms with Crippen LogP contribution in [0.5, 0.6) is 0 Å². The van der Waals surface area contributed by atoms with Crippen molar-refractivity contribution in [3.05, 3.63) is 46.2 Å². The van der Waals surface area contributed by atoms with Crippen LogP contribution in [-0.4, -0.2) is 16.4 Å². The summed E-state index contributed by atoms with van der Waals surface area (Å²) in [7, 11) is 0. The number of halogens is 1. The molecule has 0 spiro atoms. The van der Waals surface area contributed by atoms with E-state index in [1.165, 1.54) is 39.0 Å². The van der Waals surface area contributed by atoms with E-state index in [0.29, 0.717) is 28.0 Å². The minimum atomic E-state index is -0.205. The molecule has 6 heteroatoms. The van der Waals surface area contributed by atoms with Crippen LogP contribution in [0.1, 0.15) is 66.8 Å². The number of amides is 2. The van der Waals surface area contributed by atoms with Crippen LogP contribution in [0.25, 0.3) is 0 Å². The molecule has 1 saturated carbocycles. The van der Waals surface area contributed by atoms with E-state index in [1.54, 1.807) is 18.2 Å². The van der Waals surface area contributed by atoms with Gasteiger partial charge >= 0.3 is 0 Å². The highest BCUT2D eigenvalue weighted by Gasteiger charge is 2.23. The van der Waals surface area contributed by atoms with Crippen molar-refractivity contribution in [2.45, 2.75) is 58.9 Å². The van der Waals surface area contributed by atoms with Gasteiger partial charge in [0.1, 0.15) is 0 Å². The van der Waals surface area contributed by atoms with Crippen LogP contribution < -0.4 is 10.6 Å². The highest BCUT2D eigenvalue weighted by molar-refractivity contribution is 6.31. The Morgan fingerprint density at radius 1 is 1.04 bits per heavy atom. The van der Waals surface area contributed by atoms with E-state index >= 15 is 0 Å². The number of carbonyl (C=O) groups is 2. The molecule has 1 fully saturated rings. The van der Waals surface area contributed by atoms with Crippen LogP contribution in [0.15, 0.2) is 24.3 Å². The third-order valence-corrected chi connectivity index (χ3v) is 5.44. The Kier molecular flexibility index (Phi) is 5.90. The van der Waals surface area contributed by atoms with Gasteiger partial charge in [-0.05, 0) is 51.0 Å². The zero-order valence-electron chi connectivity index (χ0n) is 16.1. The average molecular weight is 388 g/mol. The van der Waals surface area contributed by atoms with Crippen LogP contribution in [0, 0.1) is 13.8 Å². The lowest BCUT2D eigenvalue weighted by atomic mass is 9.95. The molecule has 0 saturated heterocycles. The lowest BCUT2D eigenvalue weighted by Crippen LogP contribution is -2.18. The van der Waals surface area contributed by atoms with E-state index < -0.39 is 0 Å². The van der Waals surface area contributed by atoms with Crippen molar-refractivity contribution in [2.24, 2.45) is 0 Å². The fourth-order valence-corrected chi connectivity index (χ4v) is 4.19. The van der Waals surface area contributed by atoms with Crippen molar-refractivity contribution in [3.8, 4) is 0 Å². The molecule has 2 N–H and O–H groups in total. The molecule has 1 aromatic carbocycles. The topological polar surface area (TPSA) is 63.1 Å². The third kappa shape index (κ3) is 4.35. The van der Waals surface area contributed by atoms with Crippen molar-refractivity contribution < 1.29 is 9.59 Å². The smallest absolute Gasteiger partial charge is 0.257 e. The second-order valence-electron chi connectivity index (χ2n) is 7.27. The van der Waals surface area contributed by atoms with Gasteiger partial charge in [-0.2, -0.15) is 0 Å². The van der Waals surface area contributed by atoms with Gasteiger partial charge in [-0.1, -0.05) is 30.9 Å². The summed E-state index contributed by atoms with van der Waals surface area (Å²) in [4.78, 5) is 24.4. The maximum atomic E-state index is 13.0. The fourth-order valence-electron chi connectivity index (χ4n) is 4.02. The van der Waals surface area contributed by atoms with Gasteiger partial charge in [0.2, 0.25) is 5.91 Å². The predicted octanol–water partition coefficient (Wildman–Crippen LogP) is 5.47. The zero-order valence-corrected chi connectivity index (χ0v) is 16.8. The summed E-state index contributed by atoms with van der Waals surface area (Å²) in [6, 6.07) is 7.43. The first-order chi connectivity index (χ1) is 12.9. The first-order valence-corrected chi connectivity index (χ1v) is 9.81. The Morgan fingerprint density at radius 2 is 1.74 bits per heavy atom. The summed E-state index contributed by atoms with van der Waals surface area (Å²) < 4.78 is 2.31. The van der Waals surface area contributed by atoms with E-state index in [4.69, 9.17) is 11.6 Å². The number of benzene rings is 1. The SMILES string of the molecule is CC(=O)Nc1ccc(Cl)cc1NC(=O)c1cc(C)n(C2CCCCC2)c1C. The molecule has 0 unspecified atom stereocenters. The normalized spacial score (nSPS) is 14.8.